The van der Waals surface area contributed by atoms with Crippen LogP contribution in [0, 0.1) is 5.41 Å². The van der Waals surface area contributed by atoms with Crippen LogP contribution < -0.4 is 0 Å². The van der Waals surface area contributed by atoms with Crippen LogP contribution in [0.5, 0.6) is 0 Å². The highest BCUT2D eigenvalue weighted by atomic mass is 16.5. The van der Waals surface area contributed by atoms with E-state index in [1.807, 2.05) is 35.8 Å². The number of ether oxygens (including phenoxy) is 1. The molecule has 3 rings (SSSR count). The normalized spacial score (nSPS) is 20.7. The second-order valence-electron chi connectivity index (χ2n) is 7.94. The van der Waals surface area contributed by atoms with Crippen LogP contribution in [0.15, 0.2) is 24.5 Å². The number of carbonyl (C=O) groups excluding carboxylic acids is 2. The Labute approximate surface area is 161 Å². The summed E-state index contributed by atoms with van der Waals surface area (Å²) in [6, 6.07) is 3.93. The Morgan fingerprint density at radius 1 is 1.26 bits per heavy atom. The van der Waals surface area contributed by atoms with Gasteiger partial charge in [-0.25, -0.2) is 0 Å². The molecule has 0 bridgehead atoms. The lowest BCUT2D eigenvalue weighted by Gasteiger charge is -2.47. The van der Waals surface area contributed by atoms with Crippen molar-refractivity contribution in [3.8, 4) is 0 Å². The predicted octanol–water partition coefficient (Wildman–Crippen LogP) is 2.63. The van der Waals surface area contributed by atoms with Crippen LogP contribution in [0.25, 0.3) is 0 Å². The van der Waals surface area contributed by atoms with Gasteiger partial charge in [0, 0.05) is 51.6 Å². The molecule has 1 spiro atoms. The maximum absolute atomic E-state index is 12.6. The van der Waals surface area contributed by atoms with Crippen molar-refractivity contribution in [1.29, 1.82) is 0 Å². The second kappa shape index (κ2) is 8.83. The fourth-order valence-electron chi connectivity index (χ4n) is 4.19. The number of rotatable bonds is 6. The molecular weight excluding hydrogens is 342 g/mol. The molecule has 2 amide bonds. The van der Waals surface area contributed by atoms with E-state index >= 15 is 0 Å². The lowest BCUT2D eigenvalue weighted by molar-refractivity contribution is -0.148. The van der Waals surface area contributed by atoms with Gasteiger partial charge in [-0.2, -0.15) is 0 Å². The summed E-state index contributed by atoms with van der Waals surface area (Å²) >= 11 is 0. The zero-order valence-corrected chi connectivity index (χ0v) is 16.5. The van der Waals surface area contributed by atoms with Crippen LogP contribution in [0.4, 0.5) is 0 Å². The molecule has 0 N–H and O–H groups in total. The van der Waals surface area contributed by atoms with Gasteiger partial charge in [0.15, 0.2) is 0 Å². The minimum absolute atomic E-state index is 0.0961. The largest absolute Gasteiger partial charge is 0.369 e. The van der Waals surface area contributed by atoms with Crippen molar-refractivity contribution in [3.05, 3.63) is 30.1 Å². The standard InChI is InChI=1S/C21H31N3O3/c1-3-14-27-17(2)20(26)23-12-8-21(9-13-23)7-4-19(25)24(16-21)15-18-5-10-22-11-6-18/h5-6,10-11,17H,3-4,7-9,12-16H2,1-2H3/t17-/m1/s1. The first-order valence-corrected chi connectivity index (χ1v) is 10.1. The molecule has 0 saturated carbocycles. The molecule has 0 radical (unpaired) electrons. The van der Waals surface area contributed by atoms with Crippen LogP contribution in [0.1, 0.15) is 51.5 Å². The molecule has 0 unspecified atom stereocenters. The van der Waals surface area contributed by atoms with Crippen molar-refractivity contribution >= 4 is 11.8 Å². The van der Waals surface area contributed by atoms with Gasteiger partial charge in [-0.1, -0.05) is 6.92 Å². The van der Waals surface area contributed by atoms with Gasteiger partial charge in [-0.3, -0.25) is 14.6 Å². The number of amides is 2. The fraction of sp³-hybridized carbons (Fsp3) is 0.667. The van der Waals surface area contributed by atoms with Crippen LogP contribution in [0.3, 0.4) is 0 Å². The quantitative estimate of drug-likeness (QED) is 0.769. The van der Waals surface area contributed by atoms with E-state index < -0.39 is 0 Å². The summed E-state index contributed by atoms with van der Waals surface area (Å²) in [4.78, 5) is 33.0. The van der Waals surface area contributed by atoms with E-state index in [2.05, 4.69) is 4.98 Å². The summed E-state index contributed by atoms with van der Waals surface area (Å²) in [5.74, 6) is 0.330. The van der Waals surface area contributed by atoms with Crippen LogP contribution in [-0.4, -0.2) is 58.9 Å². The first-order valence-electron chi connectivity index (χ1n) is 10.1. The van der Waals surface area contributed by atoms with E-state index in [1.165, 1.54) is 0 Å². The summed E-state index contributed by atoms with van der Waals surface area (Å²) in [7, 11) is 0. The van der Waals surface area contributed by atoms with Crippen LogP contribution >= 0.6 is 0 Å². The first-order chi connectivity index (χ1) is 13.0. The van der Waals surface area contributed by atoms with E-state index in [9.17, 15) is 9.59 Å². The van der Waals surface area contributed by atoms with E-state index in [0.717, 1.165) is 50.9 Å². The van der Waals surface area contributed by atoms with Gasteiger partial charge in [-0.05, 0) is 55.7 Å². The van der Waals surface area contributed by atoms with Gasteiger partial charge < -0.3 is 14.5 Å². The third-order valence-corrected chi connectivity index (χ3v) is 5.93. The van der Waals surface area contributed by atoms with Gasteiger partial charge in [-0.15, -0.1) is 0 Å². The topological polar surface area (TPSA) is 62.7 Å². The molecule has 1 atom stereocenters. The first kappa shape index (κ1) is 19.8. The van der Waals surface area contributed by atoms with Crippen molar-refractivity contribution in [2.45, 2.75) is 58.6 Å². The number of aromatic nitrogens is 1. The fourth-order valence-corrected chi connectivity index (χ4v) is 4.19. The molecule has 0 aliphatic carbocycles. The number of nitrogens with zero attached hydrogens (tertiary/aromatic N) is 3. The molecule has 1 aromatic heterocycles. The highest BCUT2D eigenvalue weighted by Crippen LogP contribution is 2.40. The van der Waals surface area contributed by atoms with Crippen molar-refractivity contribution in [2.24, 2.45) is 5.41 Å². The molecular formula is C21H31N3O3. The summed E-state index contributed by atoms with van der Waals surface area (Å²) in [5.41, 5.74) is 1.26. The number of carbonyl (C=O) groups is 2. The zero-order chi connectivity index (χ0) is 19.3. The van der Waals surface area contributed by atoms with E-state index in [0.29, 0.717) is 19.6 Å². The summed E-state index contributed by atoms with van der Waals surface area (Å²) in [6.45, 7) is 7.47. The molecule has 0 aromatic carbocycles. The number of piperidine rings is 2. The molecule has 148 valence electrons. The summed E-state index contributed by atoms with van der Waals surface area (Å²) in [6.07, 6.45) is 7.55. The highest BCUT2D eigenvalue weighted by Gasteiger charge is 2.42. The summed E-state index contributed by atoms with van der Waals surface area (Å²) in [5, 5.41) is 0. The Morgan fingerprint density at radius 3 is 2.63 bits per heavy atom. The predicted molar refractivity (Wildman–Crippen MR) is 103 cm³/mol. The van der Waals surface area contributed by atoms with Crippen molar-refractivity contribution in [2.75, 3.05) is 26.2 Å². The van der Waals surface area contributed by atoms with Gasteiger partial charge in [0.25, 0.3) is 5.91 Å². The molecule has 27 heavy (non-hydrogen) atoms. The maximum atomic E-state index is 12.6. The highest BCUT2D eigenvalue weighted by molar-refractivity contribution is 5.80. The second-order valence-corrected chi connectivity index (χ2v) is 7.94. The third-order valence-electron chi connectivity index (χ3n) is 5.93. The van der Waals surface area contributed by atoms with E-state index in [1.54, 1.807) is 12.4 Å². The Bertz CT molecular complexity index is 641. The SMILES string of the molecule is CCCO[C@H](C)C(=O)N1CCC2(CCC(=O)N(Cc3ccncc3)C2)CC1. The minimum atomic E-state index is -0.366. The minimum Gasteiger partial charge on any atom is -0.369 e. The third kappa shape index (κ3) is 4.86. The van der Waals surface area contributed by atoms with Crippen LogP contribution in [-0.2, 0) is 20.9 Å². The molecule has 6 heteroatoms. The maximum Gasteiger partial charge on any atom is 0.251 e. The number of likely N-dealkylation sites (tertiary alicyclic amines) is 2. The van der Waals surface area contributed by atoms with E-state index in [4.69, 9.17) is 4.74 Å². The smallest absolute Gasteiger partial charge is 0.251 e. The molecule has 2 aliphatic heterocycles. The Balaban J connectivity index is 1.56. The van der Waals surface area contributed by atoms with Gasteiger partial charge in [0.2, 0.25) is 5.91 Å². The Kier molecular flexibility index (Phi) is 6.47. The molecule has 1 aromatic rings. The van der Waals surface area contributed by atoms with Gasteiger partial charge >= 0.3 is 0 Å². The van der Waals surface area contributed by atoms with Gasteiger partial charge in [0.1, 0.15) is 6.10 Å². The molecule has 3 heterocycles. The average Bonchev–Trinajstić information content (AvgIpc) is 2.70. The van der Waals surface area contributed by atoms with Crippen molar-refractivity contribution in [3.63, 3.8) is 0 Å². The molecule has 2 fully saturated rings. The lowest BCUT2D eigenvalue weighted by Crippen LogP contribution is -2.53. The van der Waals surface area contributed by atoms with E-state index in [-0.39, 0.29) is 23.3 Å². The number of hydrogen-bond donors (Lipinski definition) is 0. The summed E-state index contributed by atoms with van der Waals surface area (Å²) < 4.78 is 5.59. The monoisotopic (exact) mass is 373 g/mol. The zero-order valence-electron chi connectivity index (χ0n) is 16.5. The Morgan fingerprint density at radius 2 is 1.96 bits per heavy atom. The van der Waals surface area contributed by atoms with Crippen LogP contribution in [0.2, 0.25) is 0 Å². The van der Waals surface area contributed by atoms with Crippen molar-refractivity contribution in [1.82, 2.24) is 14.8 Å². The number of hydrogen-bond acceptors (Lipinski definition) is 4. The molecule has 2 saturated heterocycles. The number of pyridine rings is 1. The van der Waals surface area contributed by atoms with Gasteiger partial charge in [0.05, 0.1) is 0 Å². The van der Waals surface area contributed by atoms with Crippen molar-refractivity contribution < 1.29 is 14.3 Å². The molecule has 6 nitrogen and oxygen atoms in total. The Hall–Kier alpha value is -1.95. The lowest BCUT2D eigenvalue weighted by atomic mass is 9.72. The average molecular weight is 373 g/mol. The molecule has 2 aliphatic rings.